The molecule has 0 spiro atoms. The molecule has 1 amide bonds. The highest BCUT2D eigenvalue weighted by Gasteiger charge is 2.31. The maximum absolute atomic E-state index is 12.5. The van der Waals surface area contributed by atoms with Crippen LogP contribution in [0.3, 0.4) is 0 Å². The Balaban J connectivity index is 1.84. The van der Waals surface area contributed by atoms with Crippen LogP contribution in [0.1, 0.15) is 29.0 Å². The third-order valence-electron chi connectivity index (χ3n) is 4.85. The van der Waals surface area contributed by atoms with Crippen molar-refractivity contribution in [2.24, 2.45) is 0 Å². The number of nitrogens with one attached hydrogen (secondary N) is 1. The van der Waals surface area contributed by atoms with Gasteiger partial charge in [-0.1, -0.05) is 23.7 Å². The number of aryl methyl sites for hydroxylation is 1. The molecule has 1 aromatic heterocycles. The van der Waals surface area contributed by atoms with Gasteiger partial charge in [-0.05, 0) is 49.7 Å². The second-order valence-corrected chi connectivity index (χ2v) is 8.35. The minimum atomic E-state index is -0.0866. The first-order valence-corrected chi connectivity index (χ1v) is 11.0. The zero-order valence-electron chi connectivity index (χ0n) is 16.9. The molecule has 4 rings (SSSR count). The van der Waals surface area contributed by atoms with Crippen LogP contribution in [0.4, 0.5) is 5.82 Å². The second kappa shape index (κ2) is 8.62. The van der Waals surface area contributed by atoms with Crippen LogP contribution in [0.15, 0.2) is 42.5 Å². The molecule has 1 N–H and O–H groups in total. The normalized spacial score (nSPS) is 15.9. The predicted molar refractivity (Wildman–Crippen MR) is 120 cm³/mol. The number of benzene rings is 2. The van der Waals surface area contributed by atoms with Crippen molar-refractivity contribution in [3.63, 3.8) is 0 Å². The van der Waals surface area contributed by atoms with E-state index in [9.17, 15) is 4.79 Å². The van der Waals surface area contributed by atoms with Gasteiger partial charge < -0.3 is 14.8 Å². The first kappa shape index (κ1) is 20.6. The van der Waals surface area contributed by atoms with E-state index in [4.69, 9.17) is 26.2 Å². The van der Waals surface area contributed by atoms with Gasteiger partial charge in [0.1, 0.15) is 5.82 Å². The molecule has 0 saturated heterocycles. The SMILES string of the molecule is CCOc1ccc([C@H]2SCC(=O)Nc3c2c(C)nn3-c2cccc(Cl)c2)cc1OC. The molecule has 8 heteroatoms. The fourth-order valence-corrected chi connectivity index (χ4v) is 4.93. The van der Waals surface area contributed by atoms with Gasteiger partial charge in [-0.25, -0.2) is 4.68 Å². The van der Waals surface area contributed by atoms with E-state index < -0.39 is 0 Å². The zero-order valence-corrected chi connectivity index (χ0v) is 18.5. The molecule has 30 heavy (non-hydrogen) atoms. The molecule has 0 bridgehead atoms. The molecule has 2 aromatic carbocycles. The molecule has 0 saturated carbocycles. The number of anilines is 1. The van der Waals surface area contributed by atoms with Crippen LogP contribution in [0.25, 0.3) is 5.69 Å². The Hall–Kier alpha value is -2.64. The topological polar surface area (TPSA) is 65.4 Å². The molecular formula is C22H22ClN3O3S. The summed E-state index contributed by atoms with van der Waals surface area (Å²) in [4.78, 5) is 12.5. The van der Waals surface area contributed by atoms with Crippen LogP contribution in [0.5, 0.6) is 11.5 Å². The molecule has 6 nitrogen and oxygen atoms in total. The van der Waals surface area contributed by atoms with Crippen molar-refractivity contribution in [1.29, 1.82) is 0 Å². The standard InChI is InChI=1S/C22H22ClN3O3S/c1-4-29-17-9-8-14(10-18(17)28-3)21-20-13(2)25-26(16-7-5-6-15(23)11-16)22(20)24-19(27)12-30-21/h5-11,21H,4,12H2,1-3H3,(H,24,27)/t21-/m1/s1. The Morgan fingerprint density at radius 2 is 2.10 bits per heavy atom. The maximum atomic E-state index is 12.5. The van der Waals surface area contributed by atoms with Gasteiger partial charge in [-0.2, -0.15) is 5.10 Å². The molecule has 1 atom stereocenters. The van der Waals surface area contributed by atoms with Crippen LogP contribution in [-0.4, -0.2) is 35.2 Å². The first-order chi connectivity index (χ1) is 14.5. The van der Waals surface area contributed by atoms with Crippen molar-refractivity contribution < 1.29 is 14.3 Å². The highest BCUT2D eigenvalue weighted by molar-refractivity contribution is 8.00. The summed E-state index contributed by atoms with van der Waals surface area (Å²) in [5.41, 5.74) is 3.63. The van der Waals surface area contributed by atoms with E-state index in [1.165, 1.54) is 0 Å². The summed E-state index contributed by atoms with van der Waals surface area (Å²) in [6.07, 6.45) is 0. The number of carbonyl (C=O) groups is 1. The van der Waals surface area contributed by atoms with Crippen LogP contribution in [0.2, 0.25) is 5.02 Å². The number of carbonyl (C=O) groups excluding carboxylic acids is 1. The van der Waals surface area contributed by atoms with E-state index in [-0.39, 0.29) is 11.2 Å². The van der Waals surface area contributed by atoms with Gasteiger partial charge in [0.2, 0.25) is 5.91 Å². The second-order valence-electron chi connectivity index (χ2n) is 6.82. The molecule has 0 fully saturated rings. The lowest BCUT2D eigenvalue weighted by molar-refractivity contribution is -0.113. The summed E-state index contributed by atoms with van der Waals surface area (Å²) >= 11 is 7.75. The number of ether oxygens (including phenoxy) is 2. The third kappa shape index (κ3) is 3.87. The predicted octanol–water partition coefficient (Wildman–Crippen LogP) is 5.02. The molecular weight excluding hydrogens is 422 g/mol. The number of rotatable bonds is 5. The molecule has 0 unspecified atom stereocenters. The summed E-state index contributed by atoms with van der Waals surface area (Å²) in [6.45, 7) is 4.45. The number of nitrogens with zero attached hydrogens (tertiary/aromatic N) is 2. The lowest BCUT2D eigenvalue weighted by Gasteiger charge is -2.18. The molecule has 156 valence electrons. The molecule has 3 aromatic rings. The average Bonchev–Trinajstić information content (AvgIpc) is 2.94. The maximum Gasteiger partial charge on any atom is 0.235 e. The van der Waals surface area contributed by atoms with Gasteiger partial charge in [0.25, 0.3) is 0 Å². The van der Waals surface area contributed by atoms with Gasteiger partial charge in [0.15, 0.2) is 11.5 Å². The molecule has 1 aliphatic heterocycles. The van der Waals surface area contributed by atoms with Crippen LogP contribution >= 0.6 is 23.4 Å². The van der Waals surface area contributed by atoms with E-state index in [1.807, 2.05) is 56.3 Å². The highest BCUT2D eigenvalue weighted by Crippen LogP contribution is 2.45. The van der Waals surface area contributed by atoms with Crippen molar-refractivity contribution in [3.05, 3.63) is 64.3 Å². The van der Waals surface area contributed by atoms with Crippen LogP contribution in [-0.2, 0) is 4.79 Å². The van der Waals surface area contributed by atoms with Gasteiger partial charge in [0, 0.05) is 10.6 Å². The van der Waals surface area contributed by atoms with Crippen molar-refractivity contribution in [2.75, 3.05) is 24.8 Å². The van der Waals surface area contributed by atoms with Gasteiger partial charge >= 0.3 is 0 Å². The summed E-state index contributed by atoms with van der Waals surface area (Å²) < 4.78 is 12.9. The number of hydrogen-bond donors (Lipinski definition) is 1. The number of fused-ring (bicyclic) bond motifs is 1. The third-order valence-corrected chi connectivity index (χ3v) is 6.36. The number of aromatic nitrogens is 2. The highest BCUT2D eigenvalue weighted by atomic mass is 35.5. The van der Waals surface area contributed by atoms with E-state index in [1.54, 1.807) is 23.6 Å². The minimum Gasteiger partial charge on any atom is -0.493 e. The monoisotopic (exact) mass is 443 g/mol. The van der Waals surface area contributed by atoms with Crippen molar-refractivity contribution in [2.45, 2.75) is 19.1 Å². The molecule has 1 aliphatic rings. The Labute approximate surface area is 184 Å². The Morgan fingerprint density at radius 3 is 2.83 bits per heavy atom. The van der Waals surface area contributed by atoms with Gasteiger partial charge in [-0.15, -0.1) is 11.8 Å². The molecule has 2 heterocycles. The Bertz CT molecular complexity index is 1100. The van der Waals surface area contributed by atoms with Crippen LogP contribution < -0.4 is 14.8 Å². The Morgan fingerprint density at radius 1 is 1.27 bits per heavy atom. The quantitative estimate of drug-likeness (QED) is 0.600. The number of thioether (sulfide) groups is 1. The molecule has 0 radical (unpaired) electrons. The van der Waals surface area contributed by atoms with E-state index >= 15 is 0 Å². The van der Waals surface area contributed by atoms with E-state index in [0.717, 1.165) is 22.5 Å². The van der Waals surface area contributed by atoms with Gasteiger partial charge in [-0.3, -0.25) is 4.79 Å². The zero-order chi connectivity index (χ0) is 21.3. The average molecular weight is 444 g/mol. The number of amides is 1. The largest absolute Gasteiger partial charge is 0.493 e. The summed E-state index contributed by atoms with van der Waals surface area (Å²) in [5, 5.41) is 8.27. The summed E-state index contributed by atoms with van der Waals surface area (Å²) in [6, 6.07) is 13.3. The van der Waals surface area contributed by atoms with Crippen molar-refractivity contribution in [1.82, 2.24) is 9.78 Å². The van der Waals surface area contributed by atoms with Gasteiger partial charge in [0.05, 0.1) is 36.1 Å². The minimum absolute atomic E-state index is 0.0650. The summed E-state index contributed by atoms with van der Waals surface area (Å²) in [5.74, 6) is 2.31. The molecule has 0 aliphatic carbocycles. The van der Waals surface area contributed by atoms with Crippen molar-refractivity contribution >= 4 is 35.1 Å². The van der Waals surface area contributed by atoms with E-state index in [0.29, 0.717) is 34.7 Å². The van der Waals surface area contributed by atoms with Crippen LogP contribution in [0, 0.1) is 6.92 Å². The number of halogens is 1. The number of methoxy groups -OCH3 is 1. The fraction of sp³-hybridized carbons (Fsp3) is 0.273. The Kier molecular flexibility index (Phi) is 5.92. The number of hydrogen-bond acceptors (Lipinski definition) is 5. The smallest absolute Gasteiger partial charge is 0.235 e. The van der Waals surface area contributed by atoms with E-state index in [2.05, 4.69) is 5.32 Å². The first-order valence-electron chi connectivity index (χ1n) is 9.59. The van der Waals surface area contributed by atoms with Crippen molar-refractivity contribution in [3.8, 4) is 17.2 Å². The summed E-state index contributed by atoms with van der Waals surface area (Å²) in [7, 11) is 1.63. The fourth-order valence-electron chi connectivity index (χ4n) is 3.56. The lowest BCUT2D eigenvalue weighted by Crippen LogP contribution is -2.15. The lowest BCUT2D eigenvalue weighted by atomic mass is 10.0.